The summed E-state index contributed by atoms with van der Waals surface area (Å²) in [5, 5.41) is 9.67. The van der Waals surface area contributed by atoms with Crippen molar-refractivity contribution in [3.05, 3.63) is 54.1 Å². The number of carbonyl (C=O) groups excluding carboxylic acids is 3. The Morgan fingerprint density at radius 1 is 1.25 bits per heavy atom. The Morgan fingerprint density at radius 3 is 2.70 bits per heavy atom. The second kappa shape index (κ2) is 13.1. The lowest BCUT2D eigenvalue weighted by Crippen LogP contribution is -2.57. The number of fused-ring (bicyclic) bond motifs is 1. The highest BCUT2D eigenvalue weighted by molar-refractivity contribution is 8.02. The van der Waals surface area contributed by atoms with Gasteiger partial charge in [-0.25, -0.2) is 0 Å². The number of para-hydroxylation sites is 1. The first-order valence-electron chi connectivity index (χ1n) is 14.3. The Labute approximate surface area is 246 Å². The van der Waals surface area contributed by atoms with E-state index in [1.54, 1.807) is 39.8 Å². The SMILES string of the molecule is C=CCCCOC(=O)[C@@H]1[C@H]2C(=O)N(CCCCCO)C(C(=O)N(CC=C)c3c(C)cccc3Cl)C23S[C@@H]1CC3C. The van der Waals surface area contributed by atoms with Crippen LogP contribution in [-0.4, -0.2) is 70.1 Å². The first-order valence-corrected chi connectivity index (χ1v) is 15.5. The molecule has 7 nitrogen and oxygen atoms in total. The molecule has 2 amide bonds. The van der Waals surface area contributed by atoms with Crippen molar-refractivity contribution in [1.29, 1.82) is 0 Å². The van der Waals surface area contributed by atoms with E-state index in [-0.39, 0.29) is 48.7 Å². The molecule has 0 radical (unpaired) electrons. The third-order valence-electron chi connectivity index (χ3n) is 8.64. The van der Waals surface area contributed by atoms with E-state index in [9.17, 15) is 19.5 Å². The number of hydrogen-bond acceptors (Lipinski definition) is 6. The summed E-state index contributed by atoms with van der Waals surface area (Å²) in [7, 11) is 0. The Morgan fingerprint density at radius 2 is 2.02 bits per heavy atom. The van der Waals surface area contributed by atoms with E-state index < -0.39 is 22.6 Å². The van der Waals surface area contributed by atoms with Gasteiger partial charge >= 0.3 is 5.97 Å². The summed E-state index contributed by atoms with van der Waals surface area (Å²) in [4.78, 5) is 45.8. The maximum atomic E-state index is 14.7. The van der Waals surface area contributed by atoms with E-state index in [0.717, 1.165) is 24.8 Å². The zero-order valence-electron chi connectivity index (χ0n) is 23.5. The van der Waals surface area contributed by atoms with Crippen LogP contribution in [0.5, 0.6) is 0 Å². The van der Waals surface area contributed by atoms with Gasteiger partial charge in [-0.15, -0.1) is 24.9 Å². The number of anilines is 1. The molecule has 1 aromatic rings. The van der Waals surface area contributed by atoms with Crippen LogP contribution in [0.15, 0.2) is 43.5 Å². The fraction of sp³-hybridized carbons (Fsp3) is 0.581. The summed E-state index contributed by atoms with van der Waals surface area (Å²) in [5.74, 6) is -1.84. The number of esters is 1. The number of amides is 2. The van der Waals surface area contributed by atoms with Crippen molar-refractivity contribution in [3.8, 4) is 0 Å². The van der Waals surface area contributed by atoms with E-state index in [1.165, 1.54) is 0 Å². The lowest BCUT2D eigenvalue weighted by atomic mass is 9.66. The molecule has 1 spiro atoms. The normalized spacial score (nSPS) is 28.4. The summed E-state index contributed by atoms with van der Waals surface area (Å²) in [5.41, 5.74) is 1.47. The molecule has 0 aliphatic carbocycles. The highest BCUT2D eigenvalue weighted by Crippen LogP contribution is 2.69. The fourth-order valence-electron chi connectivity index (χ4n) is 6.91. The number of halogens is 1. The number of hydrogen-bond donors (Lipinski definition) is 1. The number of aryl methyl sites for hydroxylation is 1. The molecule has 3 heterocycles. The molecule has 6 atom stereocenters. The van der Waals surface area contributed by atoms with E-state index >= 15 is 0 Å². The van der Waals surface area contributed by atoms with Gasteiger partial charge < -0.3 is 19.6 Å². The Bertz CT molecular complexity index is 1120. The van der Waals surface area contributed by atoms with Crippen LogP contribution in [-0.2, 0) is 19.1 Å². The lowest BCUT2D eigenvalue weighted by Gasteiger charge is -2.40. The van der Waals surface area contributed by atoms with E-state index in [0.29, 0.717) is 36.5 Å². The molecule has 1 aromatic carbocycles. The monoisotopic (exact) mass is 588 g/mol. The average Bonchev–Trinajstić information content (AvgIpc) is 3.51. The highest BCUT2D eigenvalue weighted by Gasteiger charge is 2.76. The molecule has 0 aromatic heterocycles. The molecule has 3 unspecified atom stereocenters. The largest absolute Gasteiger partial charge is 0.465 e. The molecular weight excluding hydrogens is 548 g/mol. The molecule has 9 heteroatoms. The second-order valence-corrected chi connectivity index (χ2v) is 13.1. The average molecular weight is 589 g/mol. The van der Waals surface area contributed by atoms with Gasteiger partial charge in [-0.05, 0) is 63.0 Å². The predicted molar refractivity (Wildman–Crippen MR) is 160 cm³/mol. The van der Waals surface area contributed by atoms with Gasteiger partial charge in [-0.2, -0.15) is 0 Å². The Kier molecular flexibility index (Phi) is 10.1. The first-order chi connectivity index (χ1) is 19.2. The maximum absolute atomic E-state index is 14.7. The van der Waals surface area contributed by atoms with E-state index in [2.05, 4.69) is 20.1 Å². The summed E-state index contributed by atoms with van der Waals surface area (Å²) >= 11 is 8.28. The number of benzene rings is 1. The molecular formula is C31H41ClN2O5S. The van der Waals surface area contributed by atoms with Crippen LogP contribution in [0.4, 0.5) is 5.69 Å². The molecule has 218 valence electrons. The van der Waals surface area contributed by atoms with Gasteiger partial charge in [-0.1, -0.05) is 42.8 Å². The zero-order chi connectivity index (χ0) is 29.0. The quantitative estimate of drug-likeness (QED) is 0.183. The summed E-state index contributed by atoms with van der Waals surface area (Å²) in [6.07, 6.45) is 7.66. The number of aliphatic hydroxyl groups excluding tert-OH is 1. The number of nitrogens with zero attached hydrogens (tertiary/aromatic N) is 2. The van der Waals surface area contributed by atoms with Crippen molar-refractivity contribution in [3.63, 3.8) is 0 Å². The fourth-order valence-corrected chi connectivity index (χ4v) is 9.64. The molecule has 3 aliphatic heterocycles. The number of allylic oxidation sites excluding steroid dienone is 1. The van der Waals surface area contributed by atoms with Gasteiger partial charge in [0.25, 0.3) is 5.91 Å². The minimum absolute atomic E-state index is 0.0515. The van der Waals surface area contributed by atoms with Crippen LogP contribution >= 0.6 is 23.4 Å². The van der Waals surface area contributed by atoms with Gasteiger partial charge in [0.05, 0.1) is 33.9 Å². The van der Waals surface area contributed by atoms with Crippen molar-refractivity contribution in [2.45, 2.75) is 68.4 Å². The number of rotatable bonds is 14. The minimum Gasteiger partial charge on any atom is -0.465 e. The van der Waals surface area contributed by atoms with Gasteiger partial charge in [-0.3, -0.25) is 14.4 Å². The number of carbonyl (C=O) groups is 3. The predicted octanol–water partition coefficient (Wildman–Crippen LogP) is 5.18. The van der Waals surface area contributed by atoms with Gasteiger partial charge in [0.15, 0.2) is 0 Å². The van der Waals surface area contributed by atoms with Crippen LogP contribution in [0, 0.1) is 24.7 Å². The van der Waals surface area contributed by atoms with Crippen molar-refractivity contribution in [2.75, 3.05) is 31.2 Å². The van der Waals surface area contributed by atoms with E-state index in [1.807, 2.05) is 19.1 Å². The molecule has 2 bridgehead atoms. The third kappa shape index (κ3) is 5.35. The molecule has 3 saturated heterocycles. The lowest BCUT2D eigenvalue weighted by molar-refractivity contribution is -0.154. The van der Waals surface area contributed by atoms with Gasteiger partial charge in [0, 0.05) is 24.9 Å². The number of likely N-dealkylation sites (tertiary alicyclic amines) is 1. The van der Waals surface area contributed by atoms with Crippen LogP contribution in [0.25, 0.3) is 0 Å². The number of aliphatic hydroxyl groups is 1. The molecule has 40 heavy (non-hydrogen) atoms. The molecule has 3 aliphatic rings. The zero-order valence-corrected chi connectivity index (χ0v) is 25.1. The first kappa shape index (κ1) is 30.7. The molecule has 3 fully saturated rings. The van der Waals surface area contributed by atoms with Crippen LogP contribution in [0.1, 0.15) is 51.0 Å². The third-order valence-corrected chi connectivity index (χ3v) is 11.0. The van der Waals surface area contributed by atoms with Crippen LogP contribution in [0.3, 0.4) is 0 Å². The number of thioether (sulfide) groups is 1. The molecule has 4 rings (SSSR count). The summed E-state index contributed by atoms with van der Waals surface area (Å²) in [6, 6.07) is 4.77. The van der Waals surface area contributed by atoms with E-state index in [4.69, 9.17) is 16.3 Å². The van der Waals surface area contributed by atoms with Crippen molar-refractivity contribution in [1.82, 2.24) is 4.90 Å². The minimum atomic E-state index is -0.752. The topological polar surface area (TPSA) is 87.1 Å². The Hall–Kier alpha value is -2.29. The molecule has 0 saturated carbocycles. The van der Waals surface area contributed by atoms with Crippen molar-refractivity contribution >= 4 is 46.8 Å². The smallest absolute Gasteiger partial charge is 0.310 e. The second-order valence-electron chi connectivity index (χ2n) is 11.1. The summed E-state index contributed by atoms with van der Waals surface area (Å²) < 4.78 is 4.93. The highest BCUT2D eigenvalue weighted by atomic mass is 35.5. The van der Waals surface area contributed by atoms with Gasteiger partial charge in [0.2, 0.25) is 5.91 Å². The molecule has 1 N–H and O–H groups in total. The number of unbranched alkanes of at least 4 members (excludes halogenated alkanes) is 3. The maximum Gasteiger partial charge on any atom is 0.310 e. The van der Waals surface area contributed by atoms with Crippen LogP contribution < -0.4 is 4.90 Å². The van der Waals surface area contributed by atoms with Crippen molar-refractivity contribution < 1.29 is 24.2 Å². The number of ether oxygens (including phenoxy) is 1. The Balaban J connectivity index is 1.74. The van der Waals surface area contributed by atoms with Crippen LogP contribution in [0.2, 0.25) is 5.02 Å². The van der Waals surface area contributed by atoms with Gasteiger partial charge in [0.1, 0.15) is 6.04 Å². The summed E-state index contributed by atoms with van der Waals surface area (Å²) in [6.45, 7) is 12.6. The van der Waals surface area contributed by atoms with Crippen molar-refractivity contribution in [2.24, 2.45) is 17.8 Å². The standard InChI is InChI=1S/C31H41ClN2O5S/c1-5-7-11-18-39-30(38)24-23-19-21(4)31(40-23)25(24)28(36)34(16-9-8-10-17-35)27(31)29(37)33(15-6-2)26-20(3)13-12-14-22(26)32/h5-6,12-14,21,23-25,27,35H,1-2,7-11,15-19H2,3-4H3/t21?,23-,24+,25+,27?,31?/m1/s1.